The fraction of sp³-hybridized carbons (Fsp3) is 0.450. The molecule has 0 spiro atoms. The van der Waals surface area contributed by atoms with Gasteiger partial charge in [-0.1, -0.05) is 6.07 Å². The highest BCUT2D eigenvalue weighted by Gasteiger charge is 2.27. The first-order chi connectivity index (χ1) is 12.6. The predicted molar refractivity (Wildman–Crippen MR) is 99.3 cm³/mol. The van der Waals surface area contributed by atoms with Gasteiger partial charge in [0.1, 0.15) is 5.56 Å². The largest absolute Gasteiger partial charge is 0.334 e. The molecule has 0 unspecified atom stereocenters. The summed E-state index contributed by atoms with van der Waals surface area (Å²) in [6.07, 6.45) is 6.20. The molecule has 136 valence electrons. The number of aromatic nitrogens is 2. The molecule has 4 rings (SSSR count). The smallest absolute Gasteiger partial charge is 0.263 e. The minimum atomic E-state index is -0.162. The second kappa shape index (κ2) is 7.03. The van der Waals surface area contributed by atoms with Crippen LogP contribution in [0.4, 0.5) is 0 Å². The van der Waals surface area contributed by atoms with Gasteiger partial charge in [0.25, 0.3) is 11.5 Å². The Morgan fingerprint density at radius 2 is 2.08 bits per heavy atom. The van der Waals surface area contributed by atoms with E-state index in [-0.39, 0.29) is 17.5 Å². The van der Waals surface area contributed by atoms with Crippen molar-refractivity contribution in [2.24, 2.45) is 0 Å². The van der Waals surface area contributed by atoms with Crippen LogP contribution in [0, 0.1) is 6.92 Å². The normalized spacial score (nSPS) is 17.8. The third-order valence-electron chi connectivity index (χ3n) is 5.50. The Kier molecular flexibility index (Phi) is 4.59. The molecule has 2 aromatic heterocycles. The van der Waals surface area contributed by atoms with Crippen molar-refractivity contribution < 1.29 is 4.79 Å². The summed E-state index contributed by atoms with van der Waals surface area (Å²) in [7, 11) is 0. The molecule has 0 atom stereocenters. The molecule has 4 heterocycles. The van der Waals surface area contributed by atoms with Crippen molar-refractivity contribution in [2.75, 3.05) is 19.6 Å². The van der Waals surface area contributed by atoms with Crippen molar-refractivity contribution in [1.29, 1.82) is 0 Å². The Hall–Kier alpha value is -2.47. The number of nitrogens with one attached hydrogen (secondary N) is 1. The summed E-state index contributed by atoms with van der Waals surface area (Å²) in [5.41, 5.74) is 3.03. The second-order valence-corrected chi connectivity index (χ2v) is 7.15. The van der Waals surface area contributed by atoms with Crippen LogP contribution in [0.1, 0.15) is 46.1 Å². The number of pyridine rings is 2. The number of carbonyl (C=O) groups excluding carboxylic acids is 1. The van der Waals surface area contributed by atoms with Gasteiger partial charge in [-0.15, -0.1) is 0 Å². The Morgan fingerprint density at radius 1 is 1.27 bits per heavy atom. The lowest BCUT2D eigenvalue weighted by molar-refractivity contribution is 0.0730. The zero-order chi connectivity index (χ0) is 18.1. The van der Waals surface area contributed by atoms with Gasteiger partial charge in [0.05, 0.1) is 0 Å². The lowest BCUT2D eigenvalue weighted by Gasteiger charge is -2.29. The molecule has 0 saturated carbocycles. The van der Waals surface area contributed by atoms with E-state index in [2.05, 4.69) is 10.3 Å². The topological polar surface area (TPSA) is 67.2 Å². The summed E-state index contributed by atoms with van der Waals surface area (Å²) in [5, 5.41) is 3.32. The highest BCUT2D eigenvalue weighted by atomic mass is 16.2. The Labute approximate surface area is 152 Å². The maximum atomic E-state index is 13.2. The maximum Gasteiger partial charge on any atom is 0.263 e. The van der Waals surface area contributed by atoms with Crippen LogP contribution in [0.3, 0.4) is 0 Å². The third kappa shape index (κ3) is 3.05. The second-order valence-electron chi connectivity index (χ2n) is 7.15. The summed E-state index contributed by atoms with van der Waals surface area (Å²) in [4.78, 5) is 32.4. The van der Waals surface area contributed by atoms with Crippen molar-refractivity contribution in [2.45, 2.75) is 38.8 Å². The van der Waals surface area contributed by atoms with Gasteiger partial charge in [-0.25, -0.2) is 0 Å². The van der Waals surface area contributed by atoms with Crippen LogP contribution < -0.4 is 10.9 Å². The maximum absolute atomic E-state index is 13.2. The molecule has 0 aromatic carbocycles. The number of hydrogen-bond donors (Lipinski definition) is 1. The van der Waals surface area contributed by atoms with Crippen LogP contribution in [-0.2, 0) is 13.0 Å². The van der Waals surface area contributed by atoms with Crippen molar-refractivity contribution >= 4 is 5.91 Å². The van der Waals surface area contributed by atoms with Gasteiger partial charge in [-0.3, -0.25) is 14.6 Å². The summed E-state index contributed by atoms with van der Waals surface area (Å²) >= 11 is 0. The zero-order valence-electron chi connectivity index (χ0n) is 15.1. The predicted octanol–water partition coefficient (Wildman–Crippen LogP) is 1.67. The molecule has 0 bridgehead atoms. The van der Waals surface area contributed by atoms with E-state index in [1.54, 1.807) is 15.7 Å². The number of piperidine rings is 1. The van der Waals surface area contributed by atoms with E-state index in [0.29, 0.717) is 18.7 Å². The van der Waals surface area contributed by atoms with Gasteiger partial charge in [0.15, 0.2) is 0 Å². The summed E-state index contributed by atoms with van der Waals surface area (Å²) in [5.74, 6) is -0.162. The fourth-order valence-electron chi connectivity index (χ4n) is 3.97. The van der Waals surface area contributed by atoms with E-state index in [4.69, 9.17) is 0 Å². The molecule has 0 aliphatic carbocycles. The van der Waals surface area contributed by atoms with E-state index >= 15 is 0 Å². The molecule has 26 heavy (non-hydrogen) atoms. The summed E-state index contributed by atoms with van der Waals surface area (Å²) in [6.45, 7) is 4.78. The van der Waals surface area contributed by atoms with Crippen LogP contribution in [0.5, 0.6) is 0 Å². The minimum Gasteiger partial charge on any atom is -0.334 e. The van der Waals surface area contributed by atoms with E-state index in [1.165, 1.54) is 0 Å². The molecule has 2 aromatic rings. The van der Waals surface area contributed by atoms with Crippen molar-refractivity contribution in [3.8, 4) is 0 Å². The number of fused-ring (bicyclic) bond motifs is 1. The first kappa shape index (κ1) is 17.0. The van der Waals surface area contributed by atoms with Gasteiger partial charge < -0.3 is 14.8 Å². The number of carbonyl (C=O) groups is 1. The summed E-state index contributed by atoms with van der Waals surface area (Å²) in [6, 6.07) is 5.97. The molecule has 1 N–H and O–H groups in total. The first-order valence-electron chi connectivity index (χ1n) is 9.29. The minimum absolute atomic E-state index is 0.154. The number of hydrogen-bond acceptors (Lipinski definition) is 4. The Morgan fingerprint density at radius 3 is 2.88 bits per heavy atom. The van der Waals surface area contributed by atoms with E-state index in [0.717, 1.165) is 49.2 Å². The van der Waals surface area contributed by atoms with Gasteiger partial charge in [-0.05, 0) is 56.1 Å². The average molecular weight is 352 g/mol. The molecule has 1 amide bonds. The number of amides is 1. The lowest BCUT2D eigenvalue weighted by Crippen LogP contribution is -2.42. The van der Waals surface area contributed by atoms with Gasteiger partial charge in [0, 0.05) is 43.6 Å². The molecular formula is C20H24N4O2. The van der Waals surface area contributed by atoms with Crippen LogP contribution >= 0.6 is 0 Å². The first-order valence-corrected chi connectivity index (χ1v) is 9.29. The van der Waals surface area contributed by atoms with Crippen molar-refractivity contribution in [3.05, 3.63) is 63.3 Å². The highest BCUT2D eigenvalue weighted by Crippen LogP contribution is 2.21. The van der Waals surface area contributed by atoms with Gasteiger partial charge in [-0.2, -0.15) is 0 Å². The standard InChI is InChI=1S/C20H24N4O2/c1-14-6-12-24(16-4-9-21-10-5-16)20(26)18(14)19(25)23-11-7-17-15(13-23)3-2-8-22-17/h2-3,6,8,12,16,21H,4-5,7,9-11,13H2,1H3. The molecule has 6 heteroatoms. The van der Waals surface area contributed by atoms with Crippen LogP contribution in [0.2, 0.25) is 0 Å². The van der Waals surface area contributed by atoms with E-state index < -0.39 is 0 Å². The van der Waals surface area contributed by atoms with Crippen LogP contribution in [0.25, 0.3) is 0 Å². The zero-order valence-corrected chi connectivity index (χ0v) is 15.1. The highest BCUT2D eigenvalue weighted by molar-refractivity contribution is 5.95. The Bertz CT molecular complexity index is 884. The van der Waals surface area contributed by atoms with Crippen LogP contribution in [-0.4, -0.2) is 40.0 Å². The molecule has 1 saturated heterocycles. The number of rotatable bonds is 2. The molecule has 1 fully saturated rings. The molecule has 2 aliphatic heterocycles. The van der Waals surface area contributed by atoms with Crippen LogP contribution in [0.15, 0.2) is 35.4 Å². The molecule has 6 nitrogen and oxygen atoms in total. The van der Waals surface area contributed by atoms with Gasteiger partial charge >= 0.3 is 0 Å². The molecule has 2 aliphatic rings. The fourth-order valence-corrected chi connectivity index (χ4v) is 3.97. The quantitative estimate of drug-likeness (QED) is 0.893. The number of aryl methyl sites for hydroxylation is 1. The summed E-state index contributed by atoms with van der Waals surface area (Å²) < 4.78 is 1.76. The monoisotopic (exact) mass is 352 g/mol. The molecular weight excluding hydrogens is 328 g/mol. The SMILES string of the molecule is Cc1ccn(C2CCNCC2)c(=O)c1C(=O)N1CCc2ncccc2C1. The van der Waals surface area contributed by atoms with Gasteiger partial charge in [0.2, 0.25) is 0 Å². The Balaban J connectivity index is 1.65. The average Bonchev–Trinajstić information content (AvgIpc) is 2.68. The van der Waals surface area contributed by atoms with E-state index in [1.807, 2.05) is 31.3 Å². The molecule has 0 radical (unpaired) electrons. The third-order valence-corrected chi connectivity index (χ3v) is 5.50. The van der Waals surface area contributed by atoms with E-state index in [9.17, 15) is 9.59 Å². The lowest BCUT2D eigenvalue weighted by atomic mass is 10.0. The van der Waals surface area contributed by atoms with Crippen molar-refractivity contribution in [1.82, 2.24) is 19.8 Å². The van der Waals surface area contributed by atoms with Crippen molar-refractivity contribution in [3.63, 3.8) is 0 Å². The number of nitrogens with zero attached hydrogens (tertiary/aromatic N) is 3.